The SMILES string of the molecule is C=C(CN[S@](=O)C(C)(C)C)CC(C)(C)C. The molecule has 90 valence electrons. The zero-order valence-corrected chi connectivity index (χ0v) is 11.8. The third kappa shape index (κ3) is 7.74. The van der Waals surface area contributed by atoms with E-state index >= 15 is 0 Å². The maximum Gasteiger partial charge on any atom is 0.0973 e. The van der Waals surface area contributed by atoms with Gasteiger partial charge in [-0.2, -0.15) is 0 Å². The van der Waals surface area contributed by atoms with Crippen molar-refractivity contribution in [3.05, 3.63) is 12.2 Å². The molecule has 0 radical (unpaired) electrons. The van der Waals surface area contributed by atoms with E-state index in [1.54, 1.807) is 0 Å². The maximum absolute atomic E-state index is 11.7. The molecule has 1 atom stereocenters. The van der Waals surface area contributed by atoms with E-state index in [2.05, 4.69) is 32.1 Å². The Kier molecular flexibility index (Phi) is 5.21. The average Bonchev–Trinajstić information content (AvgIpc) is 1.94. The van der Waals surface area contributed by atoms with Gasteiger partial charge in [-0.3, -0.25) is 0 Å². The molecular formula is C12H25NOS. The van der Waals surface area contributed by atoms with Crippen LogP contribution in [0.15, 0.2) is 12.2 Å². The minimum atomic E-state index is -0.997. The first-order chi connectivity index (χ1) is 6.52. The molecule has 0 bridgehead atoms. The second-order valence-corrected chi connectivity index (χ2v) is 8.24. The lowest BCUT2D eigenvalue weighted by atomic mass is 9.88. The van der Waals surface area contributed by atoms with E-state index < -0.39 is 11.0 Å². The molecule has 0 rings (SSSR count). The molecule has 15 heavy (non-hydrogen) atoms. The molecule has 0 unspecified atom stereocenters. The summed E-state index contributed by atoms with van der Waals surface area (Å²) in [5.74, 6) is 0. The van der Waals surface area contributed by atoms with Gasteiger partial charge in [0.1, 0.15) is 0 Å². The molecule has 0 aromatic carbocycles. The van der Waals surface area contributed by atoms with Crippen molar-refractivity contribution in [3.8, 4) is 0 Å². The van der Waals surface area contributed by atoms with E-state index in [-0.39, 0.29) is 10.2 Å². The molecule has 0 aliphatic heterocycles. The zero-order chi connectivity index (χ0) is 12.3. The Morgan fingerprint density at radius 2 is 1.67 bits per heavy atom. The predicted octanol–water partition coefficient (Wildman–Crippen LogP) is 3.03. The highest BCUT2D eigenvalue weighted by Gasteiger charge is 2.19. The van der Waals surface area contributed by atoms with E-state index in [0.29, 0.717) is 6.54 Å². The number of hydrogen-bond acceptors (Lipinski definition) is 1. The molecule has 0 aliphatic carbocycles. The Hall–Kier alpha value is -0.150. The van der Waals surface area contributed by atoms with Crippen molar-refractivity contribution in [2.75, 3.05) is 6.54 Å². The van der Waals surface area contributed by atoms with Crippen molar-refractivity contribution in [2.24, 2.45) is 5.41 Å². The fourth-order valence-corrected chi connectivity index (χ4v) is 1.96. The predicted molar refractivity (Wildman–Crippen MR) is 69.1 cm³/mol. The van der Waals surface area contributed by atoms with Gasteiger partial charge in [0, 0.05) is 6.54 Å². The van der Waals surface area contributed by atoms with Gasteiger partial charge in [-0.1, -0.05) is 32.9 Å². The van der Waals surface area contributed by atoms with Gasteiger partial charge < -0.3 is 0 Å². The average molecular weight is 231 g/mol. The number of hydrogen-bond donors (Lipinski definition) is 1. The first kappa shape index (κ1) is 14.8. The summed E-state index contributed by atoms with van der Waals surface area (Å²) in [5, 5.41) is 0. The lowest BCUT2D eigenvalue weighted by Gasteiger charge is -2.22. The Morgan fingerprint density at radius 3 is 2.00 bits per heavy atom. The highest BCUT2D eigenvalue weighted by atomic mass is 32.2. The Labute approximate surface area is 97.1 Å². The van der Waals surface area contributed by atoms with Crippen LogP contribution in [0.2, 0.25) is 0 Å². The van der Waals surface area contributed by atoms with E-state index in [1.807, 2.05) is 20.8 Å². The van der Waals surface area contributed by atoms with Crippen LogP contribution in [0, 0.1) is 5.41 Å². The summed E-state index contributed by atoms with van der Waals surface area (Å²) in [6.07, 6.45) is 0.960. The first-order valence-electron chi connectivity index (χ1n) is 5.34. The summed E-state index contributed by atoms with van der Waals surface area (Å²) in [5.41, 5.74) is 1.36. The highest BCUT2D eigenvalue weighted by molar-refractivity contribution is 7.84. The first-order valence-corrected chi connectivity index (χ1v) is 6.49. The molecule has 0 heterocycles. The third-order valence-corrected chi connectivity index (χ3v) is 3.31. The maximum atomic E-state index is 11.7. The van der Waals surface area contributed by atoms with Gasteiger partial charge in [0.25, 0.3) is 0 Å². The van der Waals surface area contributed by atoms with Crippen molar-refractivity contribution >= 4 is 11.0 Å². The molecule has 0 aromatic heterocycles. The fraction of sp³-hybridized carbons (Fsp3) is 0.833. The van der Waals surface area contributed by atoms with Crippen LogP contribution in [-0.4, -0.2) is 15.5 Å². The van der Waals surface area contributed by atoms with Crippen molar-refractivity contribution in [1.82, 2.24) is 4.72 Å². The van der Waals surface area contributed by atoms with Crippen LogP contribution < -0.4 is 4.72 Å². The molecule has 0 aliphatic rings. The number of nitrogens with one attached hydrogen (secondary N) is 1. The Balaban J connectivity index is 3.98. The summed E-state index contributed by atoms with van der Waals surface area (Å²) < 4.78 is 14.5. The van der Waals surface area contributed by atoms with Crippen molar-refractivity contribution < 1.29 is 4.21 Å². The molecular weight excluding hydrogens is 206 g/mol. The van der Waals surface area contributed by atoms with Crippen molar-refractivity contribution in [1.29, 1.82) is 0 Å². The molecule has 0 aromatic rings. The van der Waals surface area contributed by atoms with Crippen LogP contribution in [0.3, 0.4) is 0 Å². The van der Waals surface area contributed by atoms with Crippen LogP contribution in [0.4, 0.5) is 0 Å². The molecule has 0 amide bonds. The molecule has 0 saturated carbocycles. The lowest BCUT2D eigenvalue weighted by molar-refractivity contribution is 0.407. The summed E-state index contributed by atoms with van der Waals surface area (Å²) in [4.78, 5) is 0. The van der Waals surface area contributed by atoms with Crippen molar-refractivity contribution in [3.63, 3.8) is 0 Å². The van der Waals surface area contributed by atoms with Gasteiger partial charge in [-0.15, -0.1) is 0 Å². The summed E-state index contributed by atoms with van der Waals surface area (Å²) in [7, 11) is -0.997. The summed E-state index contributed by atoms with van der Waals surface area (Å²) in [6.45, 7) is 17.1. The lowest BCUT2D eigenvalue weighted by Crippen LogP contribution is -2.34. The van der Waals surface area contributed by atoms with Crippen LogP contribution in [0.5, 0.6) is 0 Å². The molecule has 3 heteroatoms. The normalized spacial score (nSPS) is 15.1. The summed E-state index contributed by atoms with van der Waals surface area (Å²) in [6, 6.07) is 0. The van der Waals surface area contributed by atoms with Gasteiger partial charge in [0.2, 0.25) is 0 Å². The van der Waals surface area contributed by atoms with E-state index in [0.717, 1.165) is 12.0 Å². The quantitative estimate of drug-likeness (QED) is 0.740. The van der Waals surface area contributed by atoms with Crippen LogP contribution in [0.1, 0.15) is 48.0 Å². The van der Waals surface area contributed by atoms with Crippen LogP contribution >= 0.6 is 0 Å². The van der Waals surface area contributed by atoms with Crippen molar-refractivity contribution in [2.45, 2.75) is 52.7 Å². The van der Waals surface area contributed by atoms with Gasteiger partial charge in [0.15, 0.2) is 0 Å². The molecule has 1 N–H and O–H groups in total. The smallest absolute Gasteiger partial charge is 0.0973 e. The Morgan fingerprint density at radius 1 is 1.20 bits per heavy atom. The van der Waals surface area contributed by atoms with E-state index in [4.69, 9.17) is 0 Å². The molecule has 0 saturated heterocycles. The van der Waals surface area contributed by atoms with Gasteiger partial charge in [-0.05, 0) is 32.6 Å². The monoisotopic (exact) mass is 231 g/mol. The topological polar surface area (TPSA) is 29.1 Å². The second-order valence-electron chi connectivity index (χ2n) is 6.19. The second kappa shape index (κ2) is 5.26. The minimum Gasteiger partial charge on any atom is -0.242 e. The molecule has 0 spiro atoms. The third-order valence-electron chi connectivity index (χ3n) is 1.79. The Bertz CT molecular complexity index is 245. The van der Waals surface area contributed by atoms with Crippen LogP contribution in [0.25, 0.3) is 0 Å². The largest absolute Gasteiger partial charge is 0.242 e. The van der Waals surface area contributed by atoms with Gasteiger partial charge in [-0.25, -0.2) is 8.93 Å². The minimum absolute atomic E-state index is 0.206. The van der Waals surface area contributed by atoms with E-state index in [9.17, 15) is 4.21 Å². The molecule has 2 nitrogen and oxygen atoms in total. The van der Waals surface area contributed by atoms with E-state index in [1.165, 1.54) is 0 Å². The van der Waals surface area contributed by atoms with Gasteiger partial charge in [0.05, 0.1) is 15.7 Å². The summed E-state index contributed by atoms with van der Waals surface area (Å²) >= 11 is 0. The zero-order valence-electron chi connectivity index (χ0n) is 10.9. The number of rotatable bonds is 4. The highest BCUT2D eigenvalue weighted by Crippen LogP contribution is 2.22. The van der Waals surface area contributed by atoms with Crippen LogP contribution in [-0.2, 0) is 11.0 Å². The van der Waals surface area contributed by atoms with Gasteiger partial charge >= 0.3 is 0 Å². The fourth-order valence-electron chi connectivity index (χ4n) is 1.20. The molecule has 0 fully saturated rings. The standard InChI is InChI=1S/C12H25NOS/c1-10(8-11(2,3)4)9-13-15(14)12(5,6)7/h13H,1,8-9H2,2-7H3/t15-/m1/s1.